The van der Waals surface area contributed by atoms with Crippen LogP contribution in [0.2, 0.25) is 0 Å². The summed E-state index contributed by atoms with van der Waals surface area (Å²) in [7, 11) is 0. The zero-order chi connectivity index (χ0) is 10.2. The number of ether oxygens (including phenoxy) is 1. The predicted molar refractivity (Wildman–Crippen MR) is 55.6 cm³/mol. The Balaban J connectivity index is 2.64. The summed E-state index contributed by atoms with van der Waals surface area (Å²) >= 11 is 0. The first-order valence-electron chi connectivity index (χ1n) is 4.51. The van der Waals surface area contributed by atoms with Gasteiger partial charge in [0.1, 0.15) is 0 Å². The molecule has 0 unspecified atom stereocenters. The van der Waals surface area contributed by atoms with Crippen LogP contribution in [0.1, 0.15) is 11.1 Å². The summed E-state index contributed by atoms with van der Waals surface area (Å²) in [5.41, 5.74) is 2.12. The van der Waals surface area contributed by atoms with Crippen molar-refractivity contribution in [1.82, 2.24) is 0 Å². The van der Waals surface area contributed by atoms with E-state index in [0.29, 0.717) is 19.6 Å². The number of nitrogens with zero attached hydrogens (tertiary/aromatic N) is 1. The van der Waals surface area contributed by atoms with Crippen LogP contribution < -0.4 is 0 Å². The molecule has 2 heteroatoms. The Bertz CT molecular complexity index is 338. The molecule has 1 aromatic rings. The fraction of sp³-hybridized carbons (Fsp3) is 0.250. The van der Waals surface area contributed by atoms with Gasteiger partial charge < -0.3 is 4.74 Å². The maximum Gasteiger partial charge on any atom is 0.0724 e. The van der Waals surface area contributed by atoms with E-state index in [2.05, 4.69) is 12.6 Å². The van der Waals surface area contributed by atoms with E-state index in [1.54, 1.807) is 6.08 Å². The van der Waals surface area contributed by atoms with Crippen LogP contribution in [0.25, 0.3) is 0 Å². The summed E-state index contributed by atoms with van der Waals surface area (Å²) in [5, 5.41) is 8.61. The van der Waals surface area contributed by atoms with Crippen molar-refractivity contribution in [2.75, 3.05) is 6.61 Å². The van der Waals surface area contributed by atoms with Gasteiger partial charge in [0.2, 0.25) is 0 Å². The molecule has 1 rings (SSSR count). The van der Waals surface area contributed by atoms with Gasteiger partial charge in [0, 0.05) is 0 Å². The van der Waals surface area contributed by atoms with Crippen molar-refractivity contribution in [3.8, 4) is 6.07 Å². The summed E-state index contributed by atoms with van der Waals surface area (Å²) in [6, 6.07) is 9.96. The molecular formula is C12H13NO. The molecular weight excluding hydrogens is 174 g/mol. The van der Waals surface area contributed by atoms with E-state index >= 15 is 0 Å². The zero-order valence-corrected chi connectivity index (χ0v) is 8.07. The molecule has 0 aromatic heterocycles. The third-order valence-corrected chi connectivity index (χ3v) is 1.88. The normalized spacial score (nSPS) is 9.36. The molecule has 0 radical (unpaired) electrons. The minimum absolute atomic E-state index is 0.438. The summed E-state index contributed by atoms with van der Waals surface area (Å²) in [4.78, 5) is 0. The minimum atomic E-state index is 0.438. The molecule has 0 atom stereocenters. The van der Waals surface area contributed by atoms with Gasteiger partial charge in [0.25, 0.3) is 0 Å². The molecule has 2 nitrogen and oxygen atoms in total. The van der Waals surface area contributed by atoms with Crippen molar-refractivity contribution in [3.63, 3.8) is 0 Å². The molecule has 14 heavy (non-hydrogen) atoms. The molecule has 0 aliphatic rings. The predicted octanol–water partition coefficient (Wildman–Crippen LogP) is 2.46. The van der Waals surface area contributed by atoms with Crippen LogP contribution >= 0.6 is 0 Å². The van der Waals surface area contributed by atoms with Crippen LogP contribution in [0.4, 0.5) is 0 Å². The average molecular weight is 187 g/mol. The van der Waals surface area contributed by atoms with Gasteiger partial charge in [-0.15, -0.1) is 6.58 Å². The van der Waals surface area contributed by atoms with E-state index in [1.165, 1.54) is 0 Å². The summed E-state index contributed by atoms with van der Waals surface area (Å²) in [6.45, 7) is 4.66. The van der Waals surface area contributed by atoms with Crippen molar-refractivity contribution in [2.24, 2.45) is 0 Å². The van der Waals surface area contributed by atoms with Gasteiger partial charge in [0.05, 0.1) is 25.7 Å². The largest absolute Gasteiger partial charge is 0.373 e. The summed E-state index contributed by atoms with van der Waals surface area (Å²) < 4.78 is 5.33. The molecule has 0 bridgehead atoms. The van der Waals surface area contributed by atoms with Crippen LogP contribution in [0, 0.1) is 11.3 Å². The fourth-order valence-electron chi connectivity index (χ4n) is 1.21. The zero-order valence-electron chi connectivity index (χ0n) is 8.07. The number of nitriles is 1. The molecule has 0 saturated heterocycles. The molecule has 0 spiro atoms. The van der Waals surface area contributed by atoms with Crippen molar-refractivity contribution >= 4 is 0 Å². The Labute approximate surface area is 84.4 Å². The SMILES string of the molecule is C=CCOCc1ccccc1CC#N. The van der Waals surface area contributed by atoms with Gasteiger partial charge in [-0.1, -0.05) is 30.3 Å². The molecule has 0 amide bonds. The Morgan fingerprint density at radius 3 is 2.71 bits per heavy atom. The standard InChI is InChI=1S/C12H13NO/c1-2-9-14-10-12-6-4-3-5-11(12)7-8-13/h2-6H,1,7,9-10H2. The van der Waals surface area contributed by atoms with E-state index in [0.717, 1.165) is 11.1 Å². The second-order valence-electron chi connectivity index (χ2n) is 2.91. The molecule has 72 valence electrons. The van der Waals surface area contributed by atoms with Gasteiger partial charge >= 0.3 is 0 Å². The van der Waals surface area contributed by atoms with E-state index < -0.39 is 0 Å². The van der Waals surface area contributed by atoms with Crippen molar-refractivity contribution in [3.05, 3.63) is 48.0 Å². The van der Waals surface area contributed by atoms with Gasteiger partial charge in [-0.2, -0.15) is 5.26 Å². The first-order chi connectivity index (χ1) is 6.88. The highest BCUT2D eigenvalue weighted by Crippen LogP contribution is 2.10. The first kappa shape index (κ1) is 10.5. The van der Waals surface area contributed by atoms with Gasteiger partial charge in [-0.3, -0.25) is 0 Å². The fourth-order valence-corrected chi connectivity index (χ4v) is 1.21. The highest BCUT2D eigenvalue weighted by Gasteiger charge is 2.00. The van der Waals surface area contributed by atoms with Crippen LogP contribution in [-0.2, 0) is 17.8 Å². The summed E-state index contributed by atoms with van der Waals surface area (Å²) in [6.07, 6.45) is 2.15. The molecule has 0 aliphatic heterocycles. The van der Waals surface area contributed by atoms with Gasteiger partial charge in [0.15, 0.2) is 0 Å². The Kier molecular flexibility index (Phi) is 4.46. The number of rotatable bonds is 5. The summed E-state index contributed by atoms with van der Waals surface area (Å²) in [5.74, 6) is 0. The van der Waals surface area contributed by atoms with E-state index in [-0.39, 0.29) is 0 Å². The molecule has 0 saturated carbocycles. The highest BCUT2D eigenvalue weighted by atomic mass is 16.5. The maximum atomic E-state index is 8.61. The molecule has 0 heterocycles. The van der Waals surface area contributed by atoms with Crippen molar-refractivity contribution in [2.45, 2.75) is 13.0 Å². The van der Waals surface area contributed by atoms with Crippen molar-refractivity contribution < 1.29 is 4.74 Å². The molecule has 0 fully saturated rings. The quantitative estimate of drug-likeness (QED) is 0.524. The van der Waals surface area contributed by atoms with Crippen LogP contribution in [0.15, 0.2) is 36.9 Å². The Morgan fingerprint density at radius 2 is 2.07 bits per heavy atom. The minimum Gasteiger partial charge on any atom is -0.373 e. The number of hydrogen-bond donors (Lipinski definition) is 0. The lowest BCUT2D eigenvalue weighted by atomic mass is 10.1. The van der Waals surface area contributed by atoms with Gasteiger partial charge in [-0.05, 0) is 11.1 Å². The number of hydrogen-bond acceptors (Lipinski definition) is 2. The Morgan fingerprint density at radius 1 is 1.36 bits per heavy atom. The molecule has 1 aromatic carbocycles. The van der Waals surface area contributed by atoms with Crippen LogP contribution in [0.3, 0.4) is 0 Å². The first-order valence-corrected chi connectivity index (χ1v) is 4.51. The highest BCUT2D eigenvalue weighted by molar-refractivity contribution is 5.28. The smallest absolute Gasteiger partial charge is 0.0724 e. The van der Waals surface area contributed by atoms with E-state index in [9.17, 15) is 0 Å². The third kappa shape index (κ3) is 3.04. The third-order valence-electron chi connectivity index (χ3n) is 1.88. The topological polar surface area (TPSA) is 33.0 Å². The molecule has 0 aliphatic carbocycles. The van der Waals surface area contributed by atoms with Crippen LogP contribution in [0.5, 0.6) is 0 Å². The monoisotopic (exact) mass is 187 g/mol. The lowest BCUT2D eigenvalue weighted by molar-refractivity contribution is 0.148. The van der Waals surface area contributed by atoms with Gasteiger partial charge in [-0.25, -0.2) is 0 Å². The second kappa shape index (κ2) is 5.95. The van der Waals surface area contributed by atoms with Crippen LogP contribution in [-0.4, -0.2) is 6.61 Å². The van der Waals surface area contributed by atoms with E-state index in [4.69, 9.17) is 10.00 Å². The second-order valence-corrected chi connectivity index (χ2v) is 2.91. The average Bonchev–Trinajstić information content (AvgIpc) is 2.21. The lowest BCUT2D eigenvalue weighted by Crippen LogP contribution is -1.97. The molecule has 0 N–H and O–H groups in total. The van der Waals surface area contributed by atoms with E-state index in [1.807, 2.05) is 24.3 Å². The van der Waals surface area contributed by atoms with Crippen molar-refractivity contribution in [1.29, 1.82) is 5.26 Å². The maximum absolute atomic E-state index is 8.61. The Hall–Kier alpha value is -1.59. The number of benzene rings is 1. The lowest BCUT2D eigenvalue weighted by Gasteiger charge is -2.05.